The number of rotatable bonds is 8. The maximum Gasteiger partial charge on any atom is 0.126 e. The molecule has 5 heteroatoms. The first-order valence-corrected chi connectivity index (χ1v) is 8.78. The zero-order chi connectivity index (χ0) is 18.4. The molecule has 0 saturated carbocycles. The third-order valence-corrected chi connectivity index (χ3v) is 4.51. The van der Waals surface area contributed by atoms with Crippen LogP contribution in [0, 0.1) is 5.92 Å². The Balaban J connectivity index is 1.85. The number of nitrogens with two attached hydrogens (primary N) is 1. The molecule has 26 heavy (non-hydrogen) atoms. The molecule has 136 valence electrons. The van der Waals surface area contributed by atoms with Gasteiger partial charge in [0.05, 0.1) is 19.9 Å². The lowest BCUT2D eigenvalue weighted by atomic mass is 9.97. The Bertz CT molecular complexity index is 826. The Labute approximate surface area is 154 Å². The number of nitrogens with zero attached hydrogens (tertiary/aromatic N) is 2. The molecular weight excluding hydrogens is 326 g/mol. The van der Waals surface area contributed by atoms with Crippen molar-refractivity contribution in [1.82, 2.24) is 9.78 Å². The quantitative estimate of drug-likeness (QED) is 0.654. The van der Waals surface area contributed by atoms with Crippen LogP contribution in [0.2, 0.25) is 0 Å². The van der Waals surface area contributed by atoms with Crippen molar-refractivity contribution in [1.29, 1.82) is 0 Å². The summed E-state index contributed by atoms with van der Waals surface area (Å²) in [5, 5.41) is 13.9. The van der Waals surface area contributed by atoms with E-state index >= 15 is 0 Å². The summed E-state index contributed by atoms with van der Waals surface area (Å²) >= 11 is 0. The largest absolute Gasteiger partial charge is 0.496 e. The van der Waals surface area contributed by atoms with Gasteiger partial charge >= 0.3 is 0 Å². The highest BCUT2D eigenvalue weighted by molar-refractivity contribution is 5.70. The minimum Gasteiger partial charge on any atom is -0.496 e. The van der Waals surface area contributed by atoms with Gasteiger partial charge in [-0.05, 0) is 42.1 Å². The van der Waals surface area contributed by atoms with Crippen LogP contribution in [0.15, 0.2) is 60.9 Å². The first-order valence-electron chi connectivity index (χ1n) is 8.78. The lowest BCUT2D eigenvalue weighted by Gasteiger charge is -2.14. The molecule has 1 unspecified atom stereocenters. The Morgan fingerprint density at radius 1 is 1.15 bits per heavy atom. The van der Waals surface area contributed by atoms with Gasteiger partial charge in [0.25, 0.3) is 0 Å². The second-order valence-corrected chi connectivity index (χ2v) is 6.44. The summed E-state index contributed by atoms with van der Waals surface area (Å²) in [6.45, 7) is 1.28. The number of hydrogen-bond acceptors (Lipinski definition) is 4. The van der Waals surface area contributed by atoms with E-state index in [9.17, 15) is 5.11 Å². The molecule has 3 N–H and O–H groups in total. The van der Waals surface area contributed by atoms with Crippen LogP contribution in [0.3, 0.4) is 0 Å². The smallest absolute Gasteiger partial charge is 0.126 e. The Morgan fingerprint density at radius 3 is 2.65 bits per heavy atom. The molecule has 0 aliphatic rings. The molecule has 1 heterocycles. The Hall–Kier alpha value is -2.63. The van der Waals surface area contributed by atoms with Crippen molar-refractivity contribution < 1.29 is 9.84 Å². The summed E-state index contributed by atoms with van der Waals surface area (Å²) in [4.78, 5) is 0. The Kier molecular flexibility index (Phi) is 6.04. The van der Waals surface area contributed by atoms with E-state index in [1.165, 1.54) is 5.56 Å². The summed E-state index contributed by atoms with van der Waals surface area (Å²) in [7, 11) is 1.67. The highest BCUT2D eigenvalue weighted by Gasteiger charge is 2.12. The average Bonchev–Trinajstić information content (AvgIpc) is 3.15. The molecule has 2 aromatic carbocycles. The third kappa shape index (κ3) is 4.31. The van der Waals surface area contributed by atoms with Crippen LogP contribution in [-0.2, 0) is 13.0 Å². The predicted octanol–water partition coefficient (Wildman–Crippen LogP) is 2.72. The zero-order valence-electron chi connectivity index (χ0n) is 15.0. The van der Waals surface area contributed by atoms with E-state index in [1.807, 2.05) is 47.4 Å². The van der Waals surface area contributed by atoms with Gasteiger partial charge in [0, 0.05) is 23.9 Å². The van der Waals surface area contributed by atoms with Gasteiger partial charge in [-0.2, -0.15) is 5.10 Å². The molecule has 0 spiro atoms. The minimum absolute atomic E-state index is 0.0667. The van der Waals surface area contributed by atoms with Gasteiger partial charge in [-0.15, -0.1) is 0 Å². The SMILES string of the molecule is COc1ccc(CC(CN)CO)cc1-c1cnn(Cc2ccccc2)c1. The van der Waals surface area contributed by atoms with Crippen molar-refractivity contribution >= 4 is 0 Å². The summed E-state index contributed by atoms with van der Waals surface area (Å²) in [6, 6.07) is 16.3. The van der Waals surface area contributed by atoms with Gasteiger partial charge in [0.1, 0.15) is 5.75 Å². The van der Waals surface area contributed by atoms with Crippen molar-refractivity contribution in [2.75, 3.05) is 20.3 Å². The number of hydrogen-bond donors (Lipinski definition) is 2. The number of aromatic nitrogens is 2. The van der Waals surface area contributed by atoms with Gasteiger partial charge < -0.3 is 15.6 Å². The zero-order valence-corrected chi connectivity index (χ0v) is 15.0. The van der Waals surface area contributed by atoms with Gasteiger partial charge in [-0.25, -0.2) is 0 Å². The van der Waals surface area contributed by atoms with Gasteiger partial charge in [0.15, 0.2) is 0 Å². The summed E-state index contributed by atoms with van der Waals surface area (Å²) in [5.74, 6) is 0.873. The van der Waals surface area contributed by atoms with Gasteiger partial charge in [-0.3, -0.25) is 4.68 Å². The van der Waals surface area contributed by atoms with E-state index in [0.29, 0.717) is 6.54 Å². The molecule has 1 aromatic heterocycles. The van der Waals surface area contributed by atoms with Crippen molar-refractivity contribution in [3.05, 3.63) is 72.1 Å². The van der Waals surface area contributed by atoms with Crippen LogP contribution in [0.25, 0.3) is 11.1 Å². The molecule has 0 aliphatic heterocycles. The lowest BCUT2D eigenvalue weighted by Crippen LogP contribution is -2.20. The molecule has 3 rings (SSSR count). The number of methoxy groups -OCH3 is 1. The third-order valence-electron chi connectivity index (χ3n) is 4.51. The second kappa shape index (κ2) is 8.65. The fourth-order valence-corrected chi connectivity index (χ4v) is 3.02. The first kappa shape index (κ1) is 18.2. The fraction of sp³-hybridized carbons (Fsp3) is 0.286. The highest BCUT2D eigenvalue weighted by atomic mass is 16.5. The number of aliphatic hydroxyl groups excluding tert-OH is 1. The van der Waals surface area contributed by atoms with Crippen molar-refractivity contribution in [2.45, 2.75) is 13.0 Å². The molecule has 0 radical (unpaired) electrons. The van der Waals surface area contributed by atoms with Crippen molar-refractivity contribution in [3.8, 4) is 16.9 Å². The molecule has 3 aromatic rings. The molecule has 0 aliphatic carbocycles. The average molecular weight is 351 g/mol. The van der Waals surface area contributed by atoms with Crippen LogP contribution in [0.1, 0.15) is 11.1 Å². The topological polar surface area (TPSA) is 73.3 Å². The number of ether oxygens (including phenoxy) is 1. The number of benzene rings is 2. The van der Waals surface area contributed by atoms with Crippen LogP contribution >= 0.6 is 0 Å². The van der Waals surface area contributed by atoms with E-state index in [-0.39, 0.29) is 12.5 Å². The van der Waals surface area contributed by atoms with E-state index in [4.69, 9.17) is 10.5 Å². The molecular formula is C21H25N3O2. The van der Waals surface area contributed by atoms with Crippen LogP contribution in [-0.4, -0.2) is 35.1 Å². The standard InChI is InChI=1S/C21H25N3O2/c1-26-21-8-7-17(9-18(11-22)15-25)10-20(21)19-12-23-24(14-19)13-16-5-3-2-4-6-16/h2-8,10,12,14,18,25H,9,11,13,15,22H2,1H3. The number of aliphatic hydroxyl groups is 1. The van der Waals surface area contributed by atoms with E-state index in [0.717, 1.165) is 35.4 Å². The lowest BCUT2D eigenvalue weighted by molar-refractivity contribution is 0.230. The van der Waals surface area contributed by atoms with Crippen LogP contribution in [0.4, 0.5) is 0 Å². The van der Waals surface area contributed by atoms with Crippen molar-refractivity contribution in [2.24, 2.45) is 11.7 Å². The molecule has 0 amide bonds. The van der Waals surface area contributed by atoms with E-state index < -0.39 is 0 Å². The molecule has 0 saturated heterocycles. The molecule has 0 fully saturated rings. The van der Waals surface area contributed by atoms with Crippen molar-refractivity contribution in [3.63, 3.8) is 0 Å². The predicted molar refractivity (Wildman–Crippen MR) is 103 cm³/mol. The van der Waals surface area contributed by atoms with Gasteiger partial charge in [-0.1, -0.05) is 36.4 Å². The maximum absolute atomic E-state index is 9.40. The molecule has 1 atom stereocenters. The van der Waals surface area contributed by atoms with Crippen LogP contribution in [0.5, 0.6) is 5.75 Å². The summed E-state index contributed by atoms with van der Waals surface area (Å²) in [5.41, 5.74) is 10.1. The summed E-state index contributed by atoms with van der Waals surface area (Å²) < 4.78 is 7.45. The summed E-state index contributed by atoms with van der Waals surface area (Å²) in [6.07, 6.45) is 4.63. The normalized spacial score (nSPS) is 12.1. The van der Waals surface area contributed by atoms with E-state index in [2.05, 4.69) is 23.3 Å². The maximum atomic E-state index is 9.40. The monoisotopic (exact) mass is 351 g/mol. The first-order chi connectivity index (χ1) is 12.7. The molecule has 5 nitrogen and oxygen atoms in total. The van der Waals surface area contributed by atoms with E-state index in [1.54, 1.807) is 7.11 Å². The molecule has 0 bridgehead atoms. The van der Waals surface area contributed by atoms with Gasteiger partial charge in [0.2, 0.25) is 0 Å². The second-order valence-electron chi connectivity index (χ2n) is 6.44. The Morgan fingerprint density at radius 2 is 1.96 bits per heavy atom. The minimum atomic E-state index is 0.0667. The van der Waals surface area contributed by atoms with Crippen LogP contribution < -0.4 is 10.5 Å². The highest BCUT2D eigenvalue weighted by Crippen LogP contribution is 2.31. The fourth-order valence-electron chi connectivity index (χ4n) is 3.02.